The summed E-state index contributed by atoms with van der Waals surface area (Å²) < 4.78 is 5.07. The van der Waals surface area contributed by atoms with Gasteiger partial charge in [-0.3, -0.25) is 0 Å². The van der Waals surface area contributed by atoms with Gasteiger partial charge < -0.3 is 10.1 Å². The lowest BCUT2D eigenvalue weighted by Crippen LogP contribution is -2.02. The van der Waals surface area contributed by atoms with Gasteiger partial charge >= 0.3 is 0 Å². The van der Waals surface area contributed by atoms with Crippen molar-refractivity contribution in [1.82, 2.24) is 9.97 Å². The Balaban J connectivity index is 2.43. The minimum absolute atomic E-state index is 0.412. The van der Waals surface area contributed by atoms with Crippen molar-refractivity contribution in [2.24, 2.45) is 0 Å². The van der Waals surface area contributed by atoms with Gasteiger partial charge in [0.15, 0.2) is 5.82 Å². The molecule has 0 unspecified atom stereocenters. The molecule has 0 spiro atoms. The molecule has 1 heterocycles. The van der Waals surface area contributed by atoms with Crippen LogP contribution in [0.4, 0.5) is 5.82 Å². The number of nitrogens with zero attached hydrogens (tertiary/aromatic N) is 2. The normalized spacial score (nSPS) is 10.2. The van der Waals surface area contributed by atoms with Gasteiger partial charge in [0.05, 0.1) is 5.69 Å². The third-order valence-electron chi connectivity index (χ3n) is 2.37. The molecule has 0 atom stereocenters. The van der Waals surface area contributed by atoms with Gasteiger partial charge in [0.2, 0.25) is 0 Å². The van der Waals surface area contributed by atoms with E-state index < -0.39 is 0 Å². The fourth-order valence-corrected chi connectivity index (χ4v) is 1.58. The van der Waals surface area contributed by atoms with E-state index in [9.17, 15) is 0 Å². The number of hydrogen-bond acceptors (Lipinski definition) is 4. The summed E-state index contributed by atoms with van der Waals surface area (Å²) in [6, 6.07) is 11.9. The SMILES string of the molecule is CNc1cc(-c2ccccc2)nc(COC)n1. The zero-order valence-electron chi connectivity index (χ0n) is 9.97. The van der Waals surface area contributed by atoms with Gasteiger partial charge in [-0.15, -0.1) is 0 Å². The summed E-state index contributed by atoms with van der Waals surface area (Å²) in [5, 5.41) is 3.03. The van der Waals surface area contributed by atoms with E-state index in [1.165, 1.54) is 0 Å². The number of aromatic nitrogens is 2. The van der Waals surface area contributed by atoms with Gasteiger partial charge in [-0.05, 0) is 0 Å². The molecule has 1 aromatic carbocycles. The highest BCUT2D eigenvalue weighted by Gasteiger charge is 2.05. The number of benzene rings is 1. The molecule has 0 radical (unpaired) electrons. The minimum atomic E-state index is 0.412. The number of nitrogens with one attached hydrogen (secondary N) is 1. The van der Waals surface area contributed by atoms with Crippen molar-refractivity contribution in [3.8, 4) is 11.3 Å². The fourth-order valence-electron chi connectivity index (χ4n) is 1.58. The molecule has 0 saturated heterocycles. The van der Waals surface area contributed by atoms with Crippen LogP contribution in [0.2, 0.25) is 0 Å². The zero-order chi connectivity index (χ0) is 12.1. The van der Waals surface area contributed by atoms with Crippen LogP contribution in [0.25, 0.3) is 11.3 Å². The van der Waals surface area contributed by atoms with Crippen molar-refractivity contribution in [2.45, 2.75) is 6.61 Å². The second kappa shape index (κ2) is 5.41. The molecule has 1 aromatic heterocycles. The third-order valence-corrected chi connectivity index (χ3v) is 2.37. The highest BCUT2D eigenvalue weighted by atomic mass is 16.5. The highest BCUT2D eigenvalue weighted by Crippen LogP contribution is 2.19. The summed E-state index contributed by atoms with van der Waals surface area (Å²) in [6.07, 6.45) is 0. The van der Waals surface area contributed by atoms with E-state index in [2.05, 4.69) is 15.3 Å². The Morgan fingerprint density at radius 1 is 1.18 bits per heavy atom. The lowest BCUT2D eigenvalue weighted by atomic mass is 10.1. The lowest BCUT2D eigenvalue weighted by Gasteiger charge is -2.07. The number of methoxy groups -OCH3 is 1. The van der Waals surface area contributed by atoms with Crippen molar-refractivity contribution in [1.29, 1.82) is 0 Å². The topological polar surface area (TPSA) is 47.0 Å². The van der Waals surface area contributed by atoms with Crippen molar-refractivity contribution < 1.29 is 4.74 Å². The van der Waals surface area contributed by atoms with Crippen molar-refractivity contribution >= 4 is 5.82 Å². The first-order valence-electron chi connectivity index (χ1n) is 5.43. The average Bonchev–Trinajstić information content (AvgIpc) is 2.40. The zero-order valence-corrected chi connectivity index (χ0v) is 9.97. The molecular formula is C13H15N3O. The molecule has 0 bridgehead atoms. The van der Waals surface area contributed by atoms with Crippen LogP contribution in [0.5, 0.6) is 0 Å². The second-order valence-electron chi connectivity index (χ2n) is 3.60. The van der Waals surface area contributed by atoms with Gasteiger partial charge in [0.25, 0.3) is 0 Å². The van der Waals surface area contributed by atoms with E-state index in [0.29, 0.717) is 12.4 Å². The second-order valence-corrected chi connectivity index (χ2v) is 3.60. The quantitative estimate of drug-likeness (QED) is 0.874. The Hall–Kier alpha value is -1.94. The van der Waals surface area contributed by atoms with Crippen LogP contribution >= 0.6 is 0 Å². The maximum Gasteiger partial charge on any atom is 0.157 e. The summed E-state index contributed by atoms with van der Waals surface area (Å²) >= 11 is 0. The molecule has 0 aliphatic rings. The molecule has 88 valence electrons. The van der Waals surface area contributed by atoms with Crippen LogP contribution in [-0.4, -0.2) is 24.1 Å². The van der Waals surface area contributed by atoms with Gasteiger partial charge in [0.1, 0.15) is 12.4 Å². The molecule has 0 fully saturated rings. The number of hydrogen-bond donors (Lipinski definition) is 1. The number of rotatable bonds is 4. The molecule has 1 N–H and O–H groups in total. The molecule has 0 saturated carbocycles. The molecular weight excluding hydrogens is 214 g/mol. The summed E-state index contributed by atoms with van der Waals surface area (Å²) in [5.74, 6) is 1.48. The van der Waals surface area contributed by atoms with E-state index in [-0.39, 0.29) is 0 Å². The number of ether oxygens (including phenoxy) is 1. The van der Waals surface area contributed by atoms with E-state index in [1.807, 2.05) is 43.4 Å². The molecule has 4 heteroatoms. The van der Waals surface area contributed by atoms with E-state index in [0.717, 1.165) is 17.1 Å². The van der Waals surface area contributed by atoms with Crippen LogP contribution in [-0.2, 0) is 11.3 Å². The Bertz CT molecular complexity index is 485. The first kappa shape index (κ1) is 11.5. The van der Waals surface area contributed by atoms with Crippen LogP contribution < -0.4 is 5.32 Å². The van der Waals surface area contributed by atoms with E-state index in [4.69, 9.17) is 4.74 Å². The average molecular weight is 229 g/mol. The first-order valence-corrected chi connectivity index (χ1v) is 5.43. The molecule has 0 aliphatic heterocycles. The molecule has 0 amide bonds. The predicted octanol–water partition coefficient (Wildman–Crippen LogP) is 2.33. The lowest BCUT2D eigenvalue weighted by molar-refractivity contribution is 0.178. The van der Waals surface area contributed by atoms with Crippen LogP contribution in [0.15, 0.2) is 36.4 Å². The largest absolute Gasteiger partial charge is 0.377 e. The van der Waals surface area contributed by atoms with Gasteiger partial charge in [-0.25, -0.2) is 9.97 Å². The fraction of sp³-hybridized carbons (Fsp3) is 0.231. The van der Waals surface area contributed by atoms with Gasteiger partial charge in [-0.1, -0.05) is 30.3 Å². The molecule has 4 nitrogen and oxygen atoms in total. The van der Waals surface area contributed by atoms with Crippen LogP contribution in [0.3, 0.4) is 0 Å². The molecule has 17 heavy (non-hydrogen) atoms. The maximum absolute atomic E-state index is 5.07. The highest BCUT2D eigenvalue weighted by molar-refractivity contribution is 5.62. The third kappa shape index (κ3) is 2.79. The number of anilines is 1. The molecule has 2 aromatic rings. The van der Waals surface area contributed by atoms with E-state index >= 15 is 0 Å². The van der Waals surface area contributed by atoms with Crippen molar-refractivity contribution in [2.75, 3.05) is 19.5 Å². The Morgan fingerprint density at radius 2 is 1.94 bits per heavy atom. The molecule has 0 aliphatic carbocycles. The monoisotopic (exact) mass is 229 g/mol. The van der Waals surface area contributed by atoms with E-state index in [1.54, 1.807) is 7.11 Å². The Kier molecular flexibility index (Phi) is 3.67. The summed E-state index contributed by atoms with van der Waals surface area (Å²) in [5.41, 5.74) is 1.97. The Labute approximate surface area is 101 Å². The predicted molar refractivity (Wildman–Crippen MR) is 67.7 cm³/mol. The molecule has 2 rings (SSSR count). The van der Waals surface area contributed by atoms with Crippen LogP contribution in [0.1, 0.15) is 5.82 Å². The summed E-state index contributed by atoms with van der Waals surface area (Å²) in [7, 11) is 3.48. The van der Waals surface area contributed by atoms with Crippen LogP contribution in [0, 0.1) is 0 Å². The first-order chi connectivity index (χ1) is 8.33. The summed E-state index contributed by atoms with van der Waals surface area (Å²) in [4.78, 5) is 8.79. The van der Waals surface area contributed by atoms with Gasteiger partial charge in [0, 0.05) is 25.8 Å². The van der Waals surface area contributed by atoms with Gasteiger partial charge in [-0.2, -0.15) is 0 Å². The summed E-state index contributed by atoms with van der Waals surface area (Å²) in [6.45, 7) is 0.412. The standard InChI is InChI=1S/C13H15N3O/c1-14-12-8-11(10-6-4-3-5-7-10)15-13(16-12)9-17-2/h3-8H,9H2,1-2H3,(H,14,15,16). The smallest absolute Gasteiger partial charge is 0.157 e. The minimum Gasteiger partial charge on any atom is -0.377 e. The maximum atomic E-state index is 5.07. The van der Waals surface area contributed by atoms with Crippen molar-refractivity contribution in [3.63, 3.8) is 0 Å². The Morgan fingerprint density at radius 3 is 2.59 bits per heavy atom. The van der Waals surface area contributed by atoms with Crippen molar-refractivity contribution in [3.05, 3.63) is 42.2 Å².